The predicted octanol–water partition coefficient (Wildman–Crippen LogP) is 2.65. The summed E-state index contributed by atoms with van der Waals surface area (Å²) < 4.78 is 5.14. The van der Waals surface area contributed by atoms with E-state index in [0.717, 1.165) is 11.1 Å². The van der Waals surface area contributed by atoms with Crippen molar-refractivity contribution in [3.63, 3.8) is 0 Å². The average molecular weight is 215 g/mol. The van der Waals surface area contributed by atoms with Crippen LogP contribution in [0.2, 0.25) is 0 Å². The van der Waals surface area contributed by atoms with Crippen LogP contribution < -0.4 is 10.5 Å². The van der Waals surface area contributed by atoms with Gasteiger partial charge in [-0.2, -0.15) is 0 Å². The molecule has 2 aromatic carbocycles. The lowest BCUT2D eigenvalue weighted by atomic mass is 10.0. The first kappa shape index (κ1) is 10.4. The molecule has 0 spiro atoms. The van der Waals surface area contributed by atoms with E-state index in [9.17, 15) is 5.11 Å². The number of anilines is 1. The van der Waals surface area contributed by atoms with Gasteiger partial charge in [0.2, 0.25) is 0 Å². The van der Waals surface area contributed by atoms with Gasteiger partial charge in [0.15, 0.2) is 0 Å². The number of para-hydroxylation sites is 1. The lowest BCUT2D eigenvalue weighted by Gasteiger charge is -2.08. The minimum atomic E-state index is 0.245. The molecule has 0 radical (unpaired) electrons. The van der Waals surface area contributed by atoms with Crippen LogP contribution in [0.15, 0.2) is 42.5 Å². The Morgan fingerprint density at radius 1 is 1.12 bits per heavy atom. The summed E-state index contributed by atoms with van der Waals surface area (Å²) in [6.45, 7) is 0. The normalized spacial score (nSPS) is 10.1. The zero-order valence-corrected chi connectivity index (χ0v) is 8.97. The van der Waals surface area contributed by atoms with Crippen LogP contribution in [0.3, 0.4) is 0 Å². The van der Waals surface area contributed by atoms with Crippen LogP contribution >= 0.6 is 0 Å². The van der Waals surface area contributed by atoms with Crippen molar-refractivity contribution in [1.82, 2.24) is 0 Å². The Bertz CT molecular complexity index is 509. The van der Waals surface area contributed by atoms with E-state index in [1.807, 2.05) is 24.3 Å². The monoisotopic (exact) mass is 215 g/mol. The maximum Gasteiger partial charge on any atom is 0.142 e. The van der Waals surface area contributed by atoms with Gasteiger partial charge >= 0.3 is 0 Å². The van der Waals surface area contributed by atoms with Crippen LogP contribution in [0.25, 0.3) is 11.1 Å². The van der Waals surface area contributed by atoms with E-state index < -0.39 is 0 Å². The summed E-state index contributed by atoms with van der Waals surface area (Å²) in [5.74, 6) is 0.857. The number of nitrogen functional groups attached to an aromatic ring is 1. The molecule has 2 rings (SSSR count). The predicted molar refractivity (Wildman–Crippen MR) is 64.5 cm³/mol. The molecule has 0 aliphatic carbocycles. The number of methoxy groups -OCH3 is 1. The molecule has 0 aliphatic rings. The van der Waals surface area contributed by atoms with Gasteiger partial charge in [-0.25, -0.2) is 0 Å². The third-order valence-electron chi connectivity index (χ3n) is 2.45. The second-order valence-corrected chi connectivity index (χ2v) is 3.47. The highest BCUT2D eigenvalue weighted by atomic mass is 16.5. The molecular formula is C13H13NO2. The zero-order chi connectivity index (χ0) is 11.5. The van der Waals surface area contributed by atoms with Gasteiger partial charge in [-0.1, -0.05) is 24.3 Å². The van der Waals surface area contributed by atoms with Gasteiger partial charge in [0.25, 0.3) is 0 Å². The number of rotatable bonds is 2. The van der Waals surface area contributed by atoms with Gasteiger partial charge in [-0.15, -0.1) is 0 Å². The van der Waals surface area contributed by atoms with Crippen LogP contribution in [-0.4, -0.2) is 12.2 Å². The fraction of sp³-hybridized carbons (Fsp3) is 0.0769. The molecule has 0 heterocycles. The van der Waals surface area contributed by atoms with E-state index in [2.05, 4.69) is 0 Å². The molecule has 0 amide bonds. The fourth-order valence-corrected chi connectivity index (χ4v) is 1.60. The molecule has 0 saturated carbocycles. The maximum absolute atomic E-state index is 9.72. The minimum absolute atomic E-state index is 0.245. The molecule has 82 valence electrons. The quantitative estimate of drug-likeness (QED) is 0.757. The van der Waals surface area contributed by atoms with Gasteiger partial charge in [-0.05, 0) is 23.8 Å². The first-order chi connectivity index (χ1) is 7.72. The van der Waals surface area contributed by atoms with Gasteiger partial charge in [-0.3, -0.25) is 0 Å². The van der Waals surface area contributed by atoms with E-state index in [1.165, 1.54) is 0 Å². The SMILES string of the molecule is COc1cc(-c2ccccc2O)ccc1N. The summed E-state index contributed by atoms with van der Waals surface area (Å²) in [7, 11) is 1.57. The first-order valence-corrected chi connectivity index (χ1v) is 4.94. The highest BCUT2D eigenvalue weighted by molar-refractivity contribution is 5.74. The fourth-order valence-electron chi connectivity index (χ4n) is 1.60. The number of phenolic OH excluding ortho intramolecular Hbond substituents is 1. The van der Waals surface area contributed by atoms with Crippen molar-refractivity contribution in [2.75, 3.05) is 12.8 Å². The summed E-state index contributed by atoms with van der Waals surface area (Å²) in [6.07, 6.45) is 0. The van der Waals surface area contributed by atoms with Crippen molar-refractivity contribution in [3.8, 4) is 22.6 Å². The van der Waals surface area contributed by atoms with Crippen LogP contribution in [0.5, 0.6) is 11.5 Å². The summed E-state index contributed by atoms with van der Waals surface area (Å²) in [5, 5.41) is 9.72. The Balaban J connectivity index is 2.53. The van der Waals surface area contributed by atoms with Gasteiger partial charge in [0.1, 0.15) is 11.5 Å². The lowest BCUT2D eigenvalue weighted by molar-refractivity contribution is 0.417. The number of hydrogen-bond acceptors (Lipinski definition) is 3. The molecule has 0 aliphatic heterocycles. The van der Waals surface area contributed by atoms with Crippen molar-refractivity contribution in [1.29, 1.82) is 0 Å². The topological polar surface area (TPSA) is 55.5 Å². The number of aromatic hydroxyl groups is 1. The molecule has 0 unspecified atom stereocenters. The molecule has 0 fully saturated rings. The Morgan fingerprint density at radius 3 is 2.56 bits per heavy atom. The summed E-state index contributed by atoms with van der Waals surface area (Å²) in [6, 6.07) is 12.6. The Hall–Kier alpha value is -2.16. The van der Waals surface area contributed by atoms with Gasteiger partial charge in [0, 0.05) is 5.56 Å². The standard InChI is InChI=1S/C13H13NO2/c1-16-13-8-9(6-7-11(13)14)10-4-2-3-5-12(10)15/h2-8,15H,14H2,1H3. The van der Waals surface area contributed by atoms with Crippen molar-refractivity contribution >= 4 is 5.69 Å². The Kier molecular flexibility index (Phi) is 2.68. The zero-order valence-electron chi connectivity index (χ0n) is 8.97. The van der Waals surface area contributed by atoms with Crippen LogP contribution in [0.1, 0.15) is 0 Å². The smallest absolute Gasteiger partial charge is 0.142 e. The van der Waals surface area contributed by atoms with Crippen molar-refractivity contribution < 1.29 is 9.84 Å². The molecule has 0 bridgehead atoms. The highest BCUT2D eigenvalue weighted by Gasteiger charge is 2.06. The third kappa shape index (κ3) is 1.80. The van der Waals surface area contributed by atoms with Gasteiger partial charge < -0.3 is 15.6 Å². The van der Waals surface area contributed by atoms with E-state index >= 15 is 0 Å². The summed E-state index contributed by atoms with van der Waals surface area (Å²) >= 11 is 0. The lowest BCUT2D eigenvalue weighted by Crippen LogP contribution is -1.92. The first-order valence-electron chi connectivity index (χ1n) is 4.94. The van der Waals surface area contributed by atoms with Gasteiger partial charge in [0.05, 0.1) is 12.8 Å². The van der Waals surface area contributed by atoms with Crippen LogP contribution in [0.4, 0.5) is 5.69 Å². The number of phenols is 1. The number of nitrogens with two attached hydrogens (primary N) is 1. The van der Waals surface area contributed by atoms with E-state index in [4.69, 9.17) is 10.5 Å². The van der Waals surface area contributed by atoms with Crippen LogP contribution in [0, 0.1) is 0 Å². The van der Waals surface area contributed by atoms with Crippen molar-refractivity contribution in [3.05, 3.63) is 42.5 Å². The van der Waals surface area contributed by atoms with E-state index in [1.54, 1.807) is 25.3 Å². The molecule has 3 heteroatoms. The summed E-state index contributed by atoms with van der Waals surface area (Å²) in [5.41, 5.74) is 7.96. The highest BCUT2D eigenvalue weighted by Crippen LogP contribution is 2.33. The molecule has 0 atom stereocenters. The summed E-state index contributed by atoms with van der Waals surface area (Å²) in [4.78, 5) is 0. The molecule has 0 saturated heterocycles. The molecule has 16 heavy (non-hydrogen) atoms. The largest absolute Gasteiger partial charge is 0.507 e. The van der Waals surface area contributed by atoms with Crippen molar-refractivity contribution in [2.24, 2.45) is 0 Å². The Morgan fingerprint density at radius 2 is 1.88 bits per heavy atom. The average Bonchev–Trinajstić information content (AvgIpc) is 2.31. The second kappa shape index (κ2) is 4.14. The van der Waals surface area contributed by atoms with Crippen LogP contribution in [-0.2, 0) is 0 Å². The maximum atomic E-state index is 9.72. The number of hydrogen-bond donors (Lipinski definition) is 2. The number of benzene rings is 2. The van der Waals surface area contributed by atoms with E-state index in [-0.39, 0.29) is 5.75 Å². The molecular weight excluding hydrogens is 202 g/mol. The molecule has 3 N–H and O–H groups in total. The van der Waals surface area contributed by atoms with E-state index in [0.29, 0.717) is 11.4 Å². The Labute approximate surface area is 94.1 Å². The number of ether oxygens (including phenoxy) is 1. The third-order valence-corrected chi connectivity index (χ3v) is 2.45. The molecule has 2 aromatic rings. The molecule has 0 aromatic heterocycles. The van der Waals surface area contributed by atoms with Crippen molar-refractivity contribution in [2.45, 2.75) is 0 Å². The second-order valence-electron chi connectivity index (χ2n) is 3.47. The minimum Gasteiger partial charge on any atom is -0.507 e. The molecule has 3 nitrogen and oxygen atoms in total.